The van der Waals surface area contributed by atoms with Gasteiger partial charge in [0.2, 0.25) is 5.78 Å². The van der Waals surface area contributed by atoms with Crippen LogP contribution in [-0.4, -0.2) is 23.6 Å². The van der Waals surface area contributed by atoms with Gasteiger partial charge in [0.25, 0.3) is 0 Å². The van der Waals surface area contributed by atoms with Crippen molar-refractivity contribution >= 4 is 28.5 Å². The number of fused-ring (bicyclic) bond motifs is 3. The zero-order valence-corrected chi connectivity index (χ0v) is 11.7. The number of benzene rings is 1. The van der Waals surface area contributed by atoms with Crippen molar-refractivity contribution in [1.29, 1.82) is 0 Å². The molecule has 0 saturated heterocycles. The average molecular weight is 282 g/mol. The molecule has 0 radical (unpaired) electrons. The fourth-order valence-electron chi connectivity index (χ4n) is 2.58. The molecule has 3 rings (SSSR count). The maximum absolute atomic E-state index is 12.4. The number of amides is 1. The van der Waals surface area contributed by atoms with Crippen molar-refractivity contribution < 1.29 is 14.3 Å². The Labute approximate surface area is 121 Å². The Morgan fingerprint density at radius 1 is 1.19 bits per heavy atom. The normalized spacial score (nSPS) is 17.0. The molecule has 0 bridgehead atoms. The Morgan fingerprint density at radius 3 is 2.71 bits per heavy atom. The Bertz CT molecular complexity index is 799. The zero-order valence-electron chi connectivity index (χ0n) is 11.7. The summed E-state index contributed by atoms with van der Waals surface area (Å²) < 4.78 is 6.63. The van der Waals surface area contributed by atoms with E-state index in [4.69, 9.17) is 4.74 Å². The topological polar surface area (TPSA) is 51.5 Å². The van der Waals surface area contributed by atoms with Gasteiger partial charge in [0.1, 0.15) is 5.69 Å². The molecule has 21 heavy (non-hydrogen) atoms. The number of nitrogens with zero attached hydrogens (tertiary/aromatic N) is 2. The monoisotopic (exact) mass is 282 g/mol. The van der Waals surface area contributed by atoms with E-state index in [1.807, 2.05) is 31.3 Å². The molecule has 0 saturated carbocycles. The summed E-state index contributed by atoms with van der Waals surface area (Å²) in [5, 5.41) is 0.828. The first-order valence-corrected chi connectivity index (χ1v) is 6.49. The van der Waals surface area contributed by atoms with Gasteiger partial charge < -0.3 is 9.30 Å². The highest BCUT2D eigenvalue weighted by molar-refractivity contribution is 6.17. The number of rotatable bonds is 0. The van der Waals surface area contributed by atoms with Crippen LogP contribution in [-0.2, 0) is 11.8 Å². The van der Waals surface area contributed by atoms with E-state index in [2.05, 4.69) is 0 Å². The molecule has 0 unspecified atom stereocenters. The van der Waals surface area contributed by atoms with E-state index in [0.29, 0.717) is 11.4 Å². The third-order valence-electron chi connectivity index (χ3n) is 3.52. The number of carbonyl (C=O) groups is 2. The molecule has 1 aromatic heterocycles. The number of anilines is 1. The molecule has 2 heterocycles. The lowest BCUT2D eigenvalue weighted by molar-refractivity contribution is 0.104. The van der Waals surface area contributed by atoms with E-state index in [1.165, 1.54) is 18.1 Å². The minimum Gasteiger partial charge on any atom is -0.452 e. The summed E-state index contributed by atoms with van der Waals surface area (Å²) in [6.07, 6.45) is 5.80. The predicted octanol–water partition coefficient (Wildman–Crippen LogP) is 3.02. The molecule has 1 aromatic carbocycles. The minimum atomic E-state index is -0.535. The van der Waals surface area contributed by atoms with Crippen molar-refractivity contribution in [1.82, 2.24) is 4.57 Å². The molecule has 0 fully saturated rings. The molecular formula is C16H14N2O3. The third kappa shape index (κ3) is 1.94. The van der Waals surface area contributed by atoms with Crippen molar-refractivity contribution in [3.05, 3.63) is 54.4 Å². The van der Waals surface area contributed by atoms with Crippen molar-refractivity contribution in [2.45, 2.75) is 0 Å². The van der Waals surface area contributed by atoms with Crippen molar-refractivity contribution in [3.63, 3.8) is 0 Å². The highest BCUT2D eigenvalue weighted by Crippen LogP contribution is 2.35. The van der Waals surface area contributed by atoms with Crippen molar-refractivity contribution in [2.75, 3.05) is 12.0 Å². The van der Waals surface area contributed by atoms with Crippen LogP contribution < -0.4 is 4.90 Å². The Morgan fingerprint density at radius 2 is 1.95 bits per heavy atom. The molecule has 0 spiro atoms. The number of hydrogen-bond donors (Lipinski definition) is 0. The minimum absolute atomic E-state index is 0.151. The van der Waals surface area contributed by atoms with Gasteiger partial charge in [-0.2, -0.15) is 0 Å². The number of carbonyl (C=O) groups excluding carboxylic acids is 2. The molecule has 0 atom stereocenters. The highest BCUT2D eigenvalue weighted by atomic mass is 16.5. The quantitative estimate of drug-likeness (QED) is 0.746. The number of ether oxygens (including phenoxy) is 1. The molecule has 5 nitrogen and oxygen atoms in total. The molecular weight excluding hydrogens is 268 g/mol. The number of ketones is 1. The number of para-hydroxylation sites is 1. The molecule has 1 aliphatic rings. The fraction of sp³-hybridized carbons (Fsp3) is 0.125. The number of aromatic nitrogens is 1. The van der Waals surface area contributed by atoms with Gasteiger partial charge in [-0.1, -0.05) is 24.3 Å². The maximum atomic E-state index is 12.4. The maximum Gasteiger partial charge on any atom is 0.418 e. The largest absolute Gasteiger partial charge is 0.452 e. The molecule has 5 heteroatoms. The van der Waals surface area contributed by atoms with Crippen LogP contribution in [0.3, 0.4) is 0 Å². The summed E-state index contributed by atoms with van der Waals surface area (Å²) in [6.45, 7) is 0. The second kappa shape index (κ2) is 4.94. The first kappa shape index (κ1) is 13.2. The van der Waals surface area contributed by atoms with Crippen LogP contribution in [0.1, 0.15) is 10.5 Å². The number of aryl methyl sites for hydroxylation is 1. The van der Waals surface area contributed by atoms with Crippen molar-refractivity contribution in [2.24, 2.45) is 7.05 Å². The molecule has 0 aliphatic carbocycles. The van der Waals surface area contributed by atoms with E-state index >= 15 is 0 Å². The van der Waals surface area contributed by atoms with Crippen LogP contribution in [0.2, 0.25) is 0 Å². The van der Waals surface area contributed by atoms with Crippen molar-refractivity contribution in [3.8, 4) is 0 Å². The van der Waals surface area contributed by atoms with Gasteiger partial charge in [0.15, 0.2) is 0 Å². The Kier molecular flexibility index (Phi) is 3.10. The molecule has 2 aromatic rings. The van der Waals surface area contributed by atoms with E-state index in [9.17, 15) is 9.59 Å². The van der Waals surface area contributed by atoms with Gasteiger partial charge in [0.05, 0.1) is 18.3 Å². The Balaban J connectivity index is 2.41. The summed E-state index contributed by atoms with van der Waals surface area (Å²) >= 11 is 0. The second-order valence-electron chi connectivity index (χ2n) is 4.68. The molecule has 106 valence electrons. The highest BCUT2D eigenvalue weighted by Gasteiger charge is 2.27. The van der Waals surface area contributed by atoms with E-state index < -0.39 is 6.09 Å². The predicted molar refractivity (Wildman–Crippen MR) is 80.4 cm³/mol. The third-order valence-corrected chi connectivity index (χ3v) is 3.52. The standard InChI is InChI=1S/C16H14N2O3/c1-17-12-8-4-3-7-11(12)14-15(17)13(19)9-5-6-10-18(14)16(20)21-2/h3-10H,1-2H3/b9-5-,10-6-. The number of allylic oxidation sites excluding steroid dienone is 3. The van der Waals surface area contributed by atoms with Crippen LogP contribution >= 0.6 is 0 Å². The first-order chi connectivity index (χ1) is 10.1. The van der Waals surface area contributed by atoms with Gasteiger partial charge in [-0.25, -0.2) is 4.79 Å². The zero-order chi connectivity index (χ0) is 15.0. The van der Waals surface area contributed by atoms with E-state index in [-0.39, 0.29) is 5.78 Å². The lowest BCUT2D eigenvalue weighted by Gasteiger charge is -2.18. The van der Waals surface area contributed by atoms with Gasteiger partial charge in [-0.3, -0.25) is 9.69 Å². The van der Waals surface area contributed by atoms with E-state index in [1.54, 1.807) is 22.9 Å². The molecule has 1 amide bonds. The molecule has 0 N–H and O–H groups in total. The lowest BCUT2D eigenvalue weighted by Crippen LogP contribution is -2.27. The van der Waals surface area contributed by atoms with Gasteiger partial charge in [-0.15, -0.1) is 0 Å². The summed E-state index contributed by atoms with van der Waals surface area (Å²) in [6, 6.07) is 7.57. The summed E-state index contributed by atoms with van der Waals surface area (Å²) in [5.74, 6) is -0.151. The lowest BCUT2D eigenvalue weighted by atomic mass is 10.1. The van der Waals surface area contributed by atoms with Crippen LogP contribution in [0.5, 0.6) is 0 Å². The number of methoxy groups -OCH3 is 1. The fourth-order valence-corrected chi connectivity index (χ4v) is 2.58. The van der Waals surface area contributed by atoms with Crippen LogP contribution in [0.15, 0.2) is 48.7 Å². The Hall–Kier alpha value is -2.82. The summed E-state index contributed by atoms with van der Waals surface area (Å²) in [7, 11) is 3.13. The average Bonchev–Trinajstić information content (AvgIpc) is 2.77. The smallest absolute Gasteiger partial charge is 0.418 e. The van der Waals surface area contributed by atoms with Crippen LogP contribution in [0.4, 0.5) is 10.5 Å². The van der Waals surface area contributed by atoms with Crippen LogP contribution in [0.25, 0.3) is 10.9 Å². The first-order valence-electron chi connectivity index (χ1n) is 6.49. The van der Waals surface area contributed by atoms with Gasteiger partial charge >= 0.3 is 6.09 Å². The van der Waals surface area contributed by atoms with Gasteiger partial charge in [0, 0.05) is 18.6 Å². The summed E-state index contributed by atoms with van der Waals surface area (Å²) in [5.41, 5.74) is 1.89. The van der Waals surface area contributed by atoms with E-state index in [0.717, 1.165) is 10.9 Å². The SMILES string of the molecule is COC(=O)N1/C=C\C=C/C(=O)c2c1c1ccccc1n2C. The molecule has 1 aliphatic heterocycles. The number of hydrogen-bond acceptors (Lipinski definition) is 3. The summed E-state index contributed by atoms with van der Waals surface area (Å²) in [4.78, 5) is 25.8. The van der Waals surface area contributed by atoms with Gasteiger partial charge in [-0.05, 0) is 18.2 Å². The van der Waals surface area contributed by atoms with Crippen LogP contribution in [0, 0.1) is 0 Å². The second-order valence-corrected chi connectivity index (χ2v) is 4.68.